The first kappa shape index (κ1) is 33.5. The second-order valence-corrected chi connectivity index (χ2v) is 10.9. The molecule has 41 heavy (non-hydrogen) atoms. The van der Waals surface area contributed by atoms with Crippen LogP contribution >= 0.6 is 0 Å². The number of hydrogen-bond donors (Lipinski definition) is 7. The highest BCUT2D eigenvalue weighted by Gasteiger charge is 2.39. The van der Waals surface area contributed by atoms with Crippen molar-refractivity contribution in [2.24, 2.45) is 5.92 Å². The van der Waals surface area contributed by atoms with Crippen molar-refractivity contribution in [3.8, 4) is 0 Å². The van der Waals surface area contributed by atoms with Gasteiger partial charge in [0.15, 0.2) is 0 Å². The topological polar surface area (TPSA) is 232 Å². The molecule has 2 aliphatic rings. The summed E-state index contributed by atoms with van der Waals surface area (Å²) in [5, 5.41) is 37.8. The van der Waals surface area contributed by atoms with Crippen LogP contribution in [-0.2, 0) is 33.6 Å². The molecule has 2 fully saturated rings. The third-order valence-electron chi connectivity index (χ3n) is 7.08. The van der Waals surface area contributed by atoms with E-state index in [9.17, 15) is 38.7 Å². The van der Waals surface area contributed by atoms with E-state index in [0.29, 0.717) is 25.8 Å². The molecule has 0 aromatic rings. The van der Waals surface area contributed by atoms with Crippen LogP contribution in [0.4, 0.5) is 0 Å². The molecule has 0 unspecified atom stereocenters. The normalized spacial score (nSPS) is 20.6. The van der Waals surface area contributed by atoms with Crippen molar-refractivity contribution < 1.29 is 48.9 Å². The molecule has 7 N–H and O–H groups in total. The van der Waals surface area contributed by atoms with Crippen molar-refractivity contribution in [3.63, 3.8) is 0 Å². The lowest BCUT2D eigenvalue weighted by molar-refractivity contribution is -0.144. The zero-order valence-electron chi connectivity index (χ0n) is 23.4. The van der Waals surface area contributed by atoms with Crippen molar-refractivity contribution in [2.45, 2.75) is 102 Å². The summed E-state index contributed by atoms with van der Waals surface area (Å²) in [6.07, 6.45) is 0.908. The first-order valence-corrected chi connectivity index (χ1v) is 13.9. The lowest BCUT2D eigenvalue weighted by atomic mass is 10.0. The number of carboxylic acid groups (broad SMARTS) is 3. The highest BCUT2D eigenvalue weighted by molar-refractivity contribution is 5.96. The average molecular weight is 584 g/mol. The van der Waals surface area contributed by atoms with Crippen LogP contribution in [-0.4, -0.2) is 105 Å². The summed E-state index contributed by atoms with van der Waals surface area (Å²) in [4.78, 5) is 87.5. The van der Waals surface area contributed by atoms with Crippen LogP contribution in [0.15, 0.2) is 0 Å². The van der Waals surface area contributed by atoms with Gasteiger partial charge in [0.2, 0.25) is 23.6 Å². The maximum atomic E-state index is 13.3. The standard InChI is InChI=1S/C26H41N5O10/c1-14(2)13-18(30-24(38)19-6-4-12-31(19)25(39)16-5-3-11-27-16)23(37)28-15(7-9-20(32)33)22(36)29-17(26(40)41)8-10-21(34)35/h14-19,27H,3-13H2,1-2H3,(H,28,37)(H,29,36)(H,30,38)(H,32,33)(H,34,35)(H,40,41)/t15-,16-,17-,18-,19-/m0/s1. The number of nitrogens with one attached hydrogen (secondary N) is 4. The first-order valence-electron chi connectivity index (χ1n) is 13.9. The van der Waals surface area contributed by atoms with Gasteiger partial charge in [0.25, 0.3) is 0 Å². The van der Waals surface area contributed by atoms with E-state index in [4.69, 9.17) is 10.2 Å². The zero-order chi connectivity index (χ0) is 30.7. The molecule has 5 atom stereocenters. The van der Waals surface area contributed by atoms with E-state index in [1.54, 1.807) is 0 Å². The van der Waals surface area contributed by atoms with E-state index in [2.05, 4.69) is 21.3 Å². The fourth-order valence-electron chi connectivity index (χ4n) is 4.98. The summed E-state index contributed by atoms with van der Waals surface area (Å²) in [7, 11) is 0. The van der Waals surface area contributed by atoms with Crippen LogP contribution < -0.4 is 21.3 Å². The molecule has 0 aromatic carbocycles. The summed E-state index contributed by atoms with van der Waals surface area (Å²) < 4.78 is 0. The van der Waals surface area contributed by atoms with Gasteiger partial charge in [-0.3, -0.25) is 28.8 Å². The van der Waals surface area contributed by atoms with E-state index in [1.165, 1.54) is 4.90 Å². The number of carbonyl (C=O) groups excluding carboxylic acids is 4. The number of rotatable bonds is 16. The van der Waals surface area contributed by atoms with Gasteiger partial charge in [-0.25, -0.2) is 4.79 Å². The van der Waals surface area contributed by atoms with Gasteiger partial charge in [0.05, 0.1) is 6.04 Å². The molecule has 0 aliphatic carbocycles. The fourth-order valence-corrected chi connectivity index (χ4v) is 4.98. The Morgan fingerprint density at radius 3 is 1.93 bits per heavy atom. The number of carboxylic acids is 3. The third kappa shape index (κ3) is 10.6. The summed E-state index contributed by atoms with van der Waals surface area (Å²) >= 11 is 0. The average Bonchev–Trinajstić information content (AvgIpc) is 3.60. The van der Waals surface area contributed by atoms with E-state index in [-0.39, 0.29) is 30.7 Å². The van der Waals surface area contributed by atoms with Crippen LogP contribution in [0.5, 0.6) is 0 Å². The number of nitrogens with zero attached hydrogens (tertiary/aromatic N) is 1. The number of carbonyl (C=O) groups is 7. The van der Waals surface area contributed by atoms with Gasteiger partial charge < -0.3 is 41.5 Å². The second-order valence-electron chi connectivity index (χ2n) is 10.9. The van der Waals surface area contributed by atoms with Crippen molar-refractivity contribution in [1.29, 1.82) is 0 Å². The molecule has 2 heterocycles. The van der Waals surface area contributed by atoms with Crippen molar-refractivity contribution >= 4 is 41.5 Å². The molecule has 2 rings (SSSR count). The molecule has 15 heteroatoms. The first-order chi connectivity index (χ1) is 19.3. The molecule has 2 saturated heterocycles. The summed E-state index contributed by atoms with van der Waals surface area (Å²) in [6.45, 7) is 4.78. The van der Waals surface area contributed by atoms with Gasteiger partial charge in [-0.2, -0.15) is 0 Å². The van der Waals surface area contributed by atoms with Gasteiger partial charge in [0.1, 0.15) is 24.2 Å². The Kier molecular flexibility index (Phi) is 13.0. The molecule has 4 amide bonds. The highest BCUT2D eigenvalue weighted by Crippen LogP contribution is 2.21. The quantitative estimate of drug-likeness (QED) is 0.117. The van der Waals surface area contributed by atoms with Crippen molar-refractivity contribution in [1.82, 2.24) is 26.2 Å². The van der Waals surface area contributed by atoms with Crippen LogP contribution in [0.2, 0.25) is 0 Å². The van der Waals surface area contributed by atoms with Crippen LogP contribution in [0, 0.1) is 5.92 Å². The van der Waals surface area contributed by atoms with E-state index in [0.717, 1.165) is 13.0 Å². The maximum Gasteiger partial charge on any atom is 0.326 e. The zero-order valence-corrected chi connectivity index (χ0v) is 23.4. The minimum atomic E-state index is -1.57. The number of amides is 4. The predicted molar refractivity (Wildman–Crippen MR) is 142 cm³/mol. The van der Waals surface area contributed by atoms with E-state index < -0.39 is 79.1 Å². The van der Waals surface area contributed by atoms with Gasteiger partial charge in [0, 0.05) is 19.4 Å². The van der Waals surface area contributed by atoms with Crippen LogP contribution in [0.25, 0.3) is 0 Å². The number of aliphatic carboxylic acids is 3. The van der Waals surface area contributed by atoms with Gasteiger partial charge in [-0.1, -0.05) is 13.8 Å². The molecule has 15 nitrogen and oxygen atoms in total. The monoisotopic (exact) mass is 583 g/mol. The Balaban J connectivity index is 2.15. The summed E-state index contributed by atoms with van der Waals surface area (Å²) in [5.41, 5.74) is 0. The molecular formula is C26H41N5O10. The largest absolute Gasteiger partial charge is 0.481 e. The molecule has 0 saturated carbocycles. The van der Waals surface area contributed by atoms with Gasteiger partial charge in [-0.15, -0.1) is 0 Å². The lowest BCUT2D eigenvalue weighted by Gasteiger charge is -2.29. The molecule has 230 valence electrons. The van der Waals surface area contributed by atoms with E-state index >= 15 is 0 Å². The number of hydrogen-bond acceptors (Lipinski definition) is 8. The smallest absolute Gasteiger partial charge is 0.326 e. The Bertz CT molecular complexity index is 997. The SMILES string of the molecule is CC(C)C[C@H](NC(=O)[C@@H]1CCCN1C(=O)[C@@H]1CCCN1)C(=O)N[C@@H](CCC(=O)O)C(=O)N[C@@H](CCC(=O)O)C(=O)O. The van der Waals surface area contributed by atoms with Gasteiger partial charge in [-0.05, 0) is 57.4 Å². The summed E-state index contributed by atoms with van der Waals surface area (Å²) in [5.74, 6) is -6.54. The Morgan fingerprint density at radius 1 is 0.805 bits per heavy atom. The lowest BCUT2D eigenvalue weighted by Crippen LogP contribution is -2.58. The Morgan fingerprint density at radius 2 is 1.39 bits per heavy atom. The van der Waals surface area contributed by atoms with Crippen molar-refractivity contribution in [3.05, 3.63) is 0 Å². The van der Waals surface area contributed by atoms with Crippen molar-refractivity contribution in [2.75, 3.05) is 13.1 Å². The third-order valence-corrected chi connectivity index (χ3v) is 7.08. The van der Waals surface area contributed by atoms with E-state index in [1.807, 2.05) is 13.8 Å². The number of likely N-dealkylation sites (tertiary alicyclic amines) is 1. The van der Waals surface area contributed by atoms with Crippen LogP contribution in [0.1, 0.15) is 71.6 Å². The molecule has 0 radical (unpaired) electrons. The van der Waals surface area contributed by atoms with Crippen LogP contribution in [0.3, 0.4) is 0 Å². The summed E-state index contributed by atoms with van der Waals surface area (Å²) in [6, 6.07) is -5.27. The maximum absolute atomic E-state index is 13.3. The minimum absolute atomic E-state index is 0.0752. The highest BCUT2D eigenvalue weighted by atomic mass is 16.4. The molecule has 0 spiro atoms. The van der Waals surface area contributed by atoms with Gasteiger partial charge >= 0.3 is 17.9 Å². The Labute approximate surface area is 237 Å². The molecular weight excluding hydrogens is 542 g/mol. The molecule has 2 aliphatic heterocycles. The molecule has 0 bridgehead atoms. The Hall–Kier alpha value is -3.75. The fraction of sp³-hybridized carbons (Fsp3) is 0.731. The molecule has 0 aromatic heterocycles. The second kappa shape index (κ2) is 15.9. The minimum Gasteiger partial charge on any atom is -0.481 e. The predicted octanol–water partition coefficient (Wildman–Crippen LogP) is -0.956.